The SMILES string of the molecule is COC(=O)COc1c(C)cc(CNCCc2csc(C(C)C)n2)cc1C. The molecule has 6 heteroatoms. The molecule has 0 saturated heterocycles. The van der Waals surface area contributed by atoms with Crippen molar-refractivity contribution in [3.8, 4) is 5.75 Å². The molecule has 1 N–H and O–H groups in total. The molecule has 142 valence electrons. The number of nitrogens with zero attached hydrogens (tertiary/aromatic N) is 1. The van der Waals surface area contributed by atoms with E-state index in [1.165, 1.54) is 17.7 Å². The number of thiazole rings is 1. The summed E-state index contributed by atoms with van der Waals surface area (Å²) < 4.78 is 10.2. The first-order chi connectivity index (χ1) is 12.4. The van der Waals surface area contributed by atoms with Crippen LogP contribution in [0.5, 0.6) is 5.75 Å². The van der Waals surface area contributed by atoms with E-state index in [1.807, 2.05) is 13.8 Å². The van der Waals surface area contributed by atoms with Gasteiger partial charge >= 0.3 is 5.97 Å². The zero-order valence-electron chi connectivity index (χ0n) is 16.2. The zero-order chi connectivity index (χ0) is 19.1. The molecule has 2 aromatic rings. The van der Waals surface area contributed by atoms with E-state index in [9.17, 15) is 4.79 Å². The van der Waals surface area contributed by atoms with Gasteiger partial charge in [0.1, 0.15) is 5.75 Å². The summed E-state index contributed by atoms with van der Waals surface area (Å²) in [6.07, 6.45) is 0.932. The first kappa shape index (κ1) is 20.4. The van der Waals surface area contributed by atoms with E-state index >= 15 is 0 Å². The zero-order valence-corrected chi connectivity index (χ0v) is 17.0. The molecule has 0 aliphatic heterocycles. The van der Waals surface area contributed by atoms with Crippen LogP contribution in [0, 0.1) is 13.8 Å². The number of aromatic nitrogens is 1. The number of rotatable bonds is 9. The number of methoxy groups -OCH3 is 1. The van der Waals surface area contributed by atoms with Gasteiger partial charge in [0, 0.05) is 30.8 Å². The third-order valence-corrected chi connectivity index (χ3v) is 5.23. The molecular weight excluding hydrogens is 348 g/mol. The largest absolute Gasteiger partial charge is 0.481 e. The molecule has 1 heterocycles. The lowest BCUT2D eigenvalue weighted by Crippen LogP contribution is -2.17. The minimum absolute atomic E-state index is 0.0677. The molecule has 0 radical (unpaired) electrons. The quantitative estimate of drug-likeness (QED) is 0.533. The van der Waals surface area contributed by atoms with Gasteiger partial charge in [-0.05, 0) is 30.5 Å². The summed E-state index contributed by atoms with van der Waals surface area (Å²) in [6, 6.07) is 4.18. The number of esters is 1. The van der Waals surface area contributed by atoms with Gasteiger partial charge in [-0.25, -0.2) is 9.78 Å². The Kier molecular flexibility index (Phi) is 7.60. The van der Waals surface area contributed by atoms with E-state index in [-0.39, 0.29) is 12.6 Å². The molecule has 0 atom stereocenters. The molecular formula is C20H28N2O3S. The van der Waals surface area contributed by atoms with E-state index in [1.54, 1.807) is 11.3 Å². The van der Waals surface area contributed by atoms with Crippen molar-refractivity contribution in [3.05, 3.63) is 44.9 Å². The van der Waals surface area contributed by atoms with Gasteiger partial charge in [0.2, 0.25) is 0 Å². The summed E-state index contributed by atoms with van der Waals surface area (Å²) in [5, 5.41) is 6.83. The van der Waals surface area contributed by atoms with E-state index < -0.39 is 0 Å². The minimum atomic E-state index is -0.378. The van der Waals surface area contributed by atoms with Crippen molar-refractivity contribution in [2.75, 3.05) is 20.3 Å². The predicted molar refractivity (Wildman–Crippen MR) is 105 cm³/mol. The molecule has 0 saturated carbocycles. The lowest BCUT2D eigenvalue weighted by Gasteiger charge is -2.14. The number of carbonyl (C=O) groups excluding carboxylic acids is 1. The molecule has 5 nitrogen and oxygen atoms in total. The highest BCUT2D eigenvalue weighted by Gasteiger charge is 2.10. The molecule has 0 aliphatic carbocycles. The standard InChI is InChI=1S/C20H28N2O3S/c1-13(2)20-22-17(12-26-20)6-7-21-10-16-8-14(3)19(15(4)9-16)25-11-18(23)24-5/h8-9,12-13,21H,6-7,10-11H2,1-5H3. The van der Waals surface area contributed by atoms with Crippen LogP contribution < -0.4 is 10.1 Å². The first-order valence-electron chi connectivity index (χ1n) is 8.85. The fourth-order valence-corrected chi connectivity index (χ4v) is 3.58. The van der Waals surface area contributed by atoms with E-state index in [0.717, 1.165) is 42.1 Å². The Hall–Kier alpha value is -1.92. The lowest BCUT2D eigenvalue weighted by molar-refractivity contribution is -0.142. The van der Waals surface area contributed by atoms with Crippen molar-refractivity contribution in [1.29, 1.82) is 0 Å². The van der Waals surface area contributed by atoms with Crippen molar-refractivity contribution in [2.24, 2.45) is 0 Å². The molecule has 0 amide bonds. The fourth-order valence-electron chi connectivity index (χ4n) is 2.71. The van der Waals surface area contributed by atoms with Gasteiger partial charge in [-0.2, -0.15) is 0 Å². The Labute approximate surface area is 159 Å². The minimum Gasteiger partial charge on any atom is -0.481 e. The van der Waals surface area contributed by atoms with Crippen LogP contribution in [0.25, 0.3) is 0 Å². The normalized spacial score (nSPS) is 11.0. The third-order valence-electron chi connectivity index (χ3n) is 4.03. The summed E-state index contributed by atoms with van der Waals surface area (Å²) >= 11 is 1.74. The highest BCUT2D eigenvalue weighted by atomic mass is 32.1. The number of aryl methyl sites for hydroxylation is 2. The van der Waals surface area contributed by atoms with Crippen molar-refractivity contribution in [2.45, 2.75) is 46.6 Å². The van der Waals surface area contributed by atoms with Gasteiger partial charge in [-0.15, -0.1) is 11.3 Å². The molecule has 0 unspecified atom stereocenters. The average molecular weight is 377 g/mol. The number of hydrogen-bond acceptors (Lipinski definition) is 6. The van der Waals surface area contributed by atoms with Crippen LogP contribution in [0.4, 0.5) is 0 Å². The summed E-state index contributed by atoms with van der Waals surface area (Å²) in [5.41, 5.74) is 4.40. The summed E-state index contributed by atoms with van der Waals surface area (Å²) in [5.74, 6) is 0.868. The number of hydrogen-bond donors (Lipinski definition) is 1. The number of carbonyl (C=O) groups is 1. The summed E-state index contributed by atoms with van der Waals surface area (Å²) in [6.45, 7) is 9.94. The van der Waals surface area contributed by atoms with E-state index in [0.29, 0.717) is 5.92 Å². The fraction of sp³-hybridized carbons (Fsp3) is 0.500. The van der Waals surface area contributed by atoms with Gasteiger partial charge in [-0.1, -0.05) is 26.0 Å². The van der Waals surface area contributed by atoms with Crippen LogP contribution in [0.2, 0.25) is 0 Å². The monoisotopic (exact) mass is 376 g/mol. The second kappa shape index (κ2) is 9.69. The smallest absolute Gasteiger partial charge is 0.343 e. The van der Waals surface area contributed by atoms with Crippen molar-refractivity contribution >= 4 is 17.3 Å². The van der Waals surface area contributed by atoms with Gasteiger partial charge < -0.3 is 14.8 Å². The Balaban J connectivity index is 1.84. The lowest BCUT2D eigenvalue weighted by atomic mass is 10.1. The molecule has 26 heavy (non-hydrogen) atoms. The van der Waals surface area contributed by atoms with Crippen LogP contribution in [0.1, 0.15) is 47.2 Å². The molecule has 1 aromatic carbocycles. The molecule has 0 fully saturated rings. The van der Waals surface area contributed by atoms with E-state index in [2.05, 4.69) is 46.4 Å². The average Bonchev–Trinajstić information content (AvgIpc) is 3.07. The second-order valence-corrected chi connectivity index (χ2v) is 7.57. The molecule has 0 bridgehead atoms. The van der Waals surface area contributed by atoms with Crippen molar-refractivity contribution in [1.82, 2.24) is 10.3 Å². The maximum absolute atomic E-state index is 11.2. The van der Waals surface area contributed by atoms with Crippen LogP contribution in [-0.4, -0.2) is 31.2 Å². The molecule has 1 aromatic heterocycles. The van der Waals surface area contributed by atoms with Gasteiger partial charge in [0.05, 0.1) is 17.8 Å². The first-order valence-corrected chi connectivity index (χ1v) is 9.73. The van der Waals surface area contributed by atoms with Crippen molar-refractivity contribution in [3.63, 3.8) is 0 Å². The Bertz CT molecular complexity index is 717. The third kappa shape index (κ3) is 5.81. The summed E-state index contributed by atoms with van der Waals surface area (Å²) in [7, 11) is 1.36. The molecule has 0 aliphatic rings. The number of nitrogens with one attached hydrogen (secondary N) is 1. The summed E-state index contributed by atoms with van der Waals surface area (Å²) in [4.78, 5) is 15.9. The van der Waals surface area contributed by atoms with Gasteiger partial charge in [-0.3, -0.25) is 0 Å². The van der Waals surface area contributed by atoms with Crippen LogP contribution in [-0.2, 0) is 22.5 Å². The van der Waals surface area contributed by atoms with Gasteiger partial charge in [0.25, 0.3) is 0 Å². The number of benzene rings is 1. The van der Waals surface area contributed by atoms with E-state index in [4.69, 9.17) is 4.74 Å². The second-order valence-electron chi connectivity index (χ2n) is 6.68. The maximum Gasteiger partial charge on any atom is 0.343 e. The predicted octanol–water partition coefficient (Wildman–Crippen LogP) is 3.77. The topological polar surface area (TPSA) is 60.5 Å². The highest BCUT2D eigenvalue weighted by Crippen LogP contribution is 2.25. The Morgan fingerprint density at radius 1 is 1.27 bits per heavy atom. The van der Waals surface area contributed by atoms with Crippen LogP contribution in [0.3, 0.4) is 0 Å². The van der Waals surface area contributed by atoms with Crippen molar-refractivity contribution < 1.29 is 14.3 Å². The van der Waals surface area contributed by atoms with Crippen LogP contribution in [0.15, 0.2) is 17.5 Å². The molecule has 0 spiro atoms. The molecule has 2 rings (SSSR count). The Morgan fingerprint density at radius 2 is 1.96 bits per heavy atom. The number of ether oxygens (including phenoxy) is 2. The highest BCUT2D eigenvalue weighted by molar-refractivity contribution is 7.09. The van der Waals surface area contributed by atoms with Crippen LogP contribution >= 0.6 is 11.3 Å². The maximum atomic E-state index is 11.2. The Morgan fingerprint density at radius 3 is 2.54 bits per heavy atom. The van der Waals surface area contributed by atoms with Gasteiger partial charge in [0.15, 0.2) is 6.61 Å².